The number of allylic oxidation sites excluding steroid dienone is 2. The normalized spacial score (nSPS) is 20.9. The molecular weight excluding hydrogens is 466 g/mol. The van der Waals surface area contributed by atoms with Gasteiger partial charge in [-0.1, -0.05) is 44.2 Å². The second-order valence-corrected chi connectivity index (χ2v) is 9.04. The van der Waals surface area contributed by atoms with E-state index in [-0.39, 0.29) is 17.9 Å². The van der Waals surface area contributed by atoms with Gasteiger partial charge in [0, 0.05) is 38.9 Å². The van der Waals surface area contributed by atoms with Crippen molar-refractivity contribution < 1.29 is 9.53 Å². The molecule has 1 saturated heterocycles. The van der Waals surface area contributed by atoms with Crippen LogP contribution in [0.4, 0.5) is 5.95 Å². The summed E-state index contributed by atoms with van der Waals surface area (Å²) in [5, 5.41) is 16.2. The summed E-state index contributed by atoms with van der Waals surface area (Å²) in [6, 6.07) is 3.73. The van der Waals surface area contributed by atoms with Crippen LogP contribution in [0.2, 0.25) is 0 Å². The maximum atomic E-state index is 12.8. The minimum atomic E-state index is -0.200. The second-order valence-electron chi connectivity index (χ2n) is 9.04. The zero-order chi connectivity index (χ0) is 26.6. The Morgan fingerprint density at radius 2 is 2.19 bits per heavy atom. The van der Waals surface area contributed by atoms with Crippen molar-refractivity contribution >= 4 is 17.4 Å². The molecule has 0 aliphatic carbocycles. The van der Waals surface area contributed by atoms with Crippen molar-refractivity contribution in [1.82, 2.24) is 25.1 Å². The van der Waals surface area contributed by atoms with Gasteiger partial charge < -0.3 is 25.2 Å². The summed E-state index contributed by atoms with van der Waals surface area (Å²) in [5.74, 6) is 0.712. The highest BCUT2D eigenvalue weighted by Crippen LogP contribution is 2.19. The van der Waals surface area contributed by atoms with E-state index in [1.54, 1.807) is 18.3 Å². The average Bonchev–Trinajstić information content (AvgIpc) is 3.16. The number of nitriles is 1. The van der Waals surface area contributed by atoms with Crippen molar-refractivity contribution in [3.05, 3.63) is 72.4 Å². The third-order valence-corrected chi connectivity index (χ3v) is 6.19. The third kappa shape index (κ3) is 8.05. The van der Waals surface area contributed by atoms with Gasteiger partial charge in [-0.3, -0.25) is 4.79 Å². The van der Waals surface area contributed by atoms with Crippen LogP contribution in [0.5, 0.6) is 0 Å². The Hall–Kier alpha value is -3.90. The van der Waals surface area contributed by atoms with Crippen molar-refractivity contribution in [2.75, 3.05) is 51.7 Å². The van der Waals surface area contributed by atoms with Crippen LogP contribution in [0.15, 0.2) is 66.8 Å². The van der Waals surface area contributed by atoms with Crippen LogP contribution >= 0.6 is 0 Å². The number of carbonyl (C=O) groups excluding carboxylic acids is 1. The van der Waals surface area contributed by atoms with E-state index in [9.17, 15) is 10.1 Å². The van der Waals surface area contributed by atoms with E-state index in [2.05, 4.69) is 58.2 Å². The van der Waals surface area contributed by atoms with Gasteiger partial charge in [0.25, 0.3) is 0 Å². The Balaban J connectivity index is 1.66. The smallest absolute Gasteiger partial charge is 0.229 e. The van der Waals surface area contributed by atoms with Crippen LogP contribution < -0.4 is 10.6 Å². The molecule has 3 rings (SSSR count). The number of ether oxygens (including phenoxy) is 1. The van der Waals surface area contributed by atoms with Gasteiger partial charge >= 0.3 is 0 Å². The van der Waals surface area contributed by atoms with Crippen molar-refractivity contribution in [1.29, 1.82) is 5.26 Å². The van der Waals surface area contributed by atoms with Gasteiger partial charge in [-0.15, -0.1) is 6.58 Å². The zero-order valence-corrected chi connectivity index (χ0v) is 22.0. The molecule has 2 aliphatic rings. The lowest BCUT2D eigenvalue weighted by molar-refractivity contribution is -0.135. The van der Waals surface area contributed by atoms with E-state index in [1.165, 1.54) is 0 Å². The molecule has 9 nitrogen and oxygen atoms in total. The number of nitrogens with one attached hydrogen (secondary N) is 2. The first-order chi connectivity index (χ1) is 17.9. The van der Waals surface area contributed by atoms with Crippen LogP contribution in [-0.4, -0.2) is 78.1 Å². The summed E-state index contributed by atoms with van der Waals surface area (Å²) in [5.41, 5.74) is 1.78. The monoisotopic (exact) mass is 503 g/mol. The number of aromatic nitrogens is 2. The summed E-state index contributed by atoms with van der Waals surface area (Å²) in [6.07, 6.45) is 14.1. The molecule has 196 valence electrons. The average molecular weight is 504 g/mol. The number of amides is 1. The maximum absolute atomic E-state index is 12.8. The van der Waals surface area contributed by atoms with Crippen LogP contribution in [0.25, 0.3) is 5.57 Å². The summed E-state index contributed by atoms with van der Waals surface area (Å²) < 4.78 is 5.71. The predicted octanol–water partition coefficient (Wildman–Crippen LogP) is 3.11. The Bertz CT molecular complexity index is 1110. The number of rotatable bonds is 9. The Labute approximate surface area is 219 Å². The number of carbonyl (C=O) groups is 1. The minimum absolute atomic E-state index is 0.140. The molecule has 0 aromatic carbocycles. The first-order valence-corrected chi connectivity index (χ1v) is 12.7. The fraction of sp³-hybridized carbons (Fsp3) is 0.429. The topological polar surface area (TPSA) is 106 Å². The van der Waals surface area contributed by atoms with Gasteiger partial charge in [0.15, 0.2) is 0 Å². The highest BCUT2D eigenvalue weighted by Gasteiger charge is 2.22. The summed E-state index contributed by atoms with van der Waals surface area (Å²) in [7, 11) is 2.08. The molecule has 2 unspecified atom stereocenters. The van der Waals surface area contributed by atoms with Crippen molar-refractivity contribution in [3.8, 4) is 6.07 Å². The molecule has 2 aliphatic heterocycles. The minimum Gasteiger partial charge on any atom is -0.474 e. The fourth-order valence-electron chi connectivity index (χ4n) is 3.97. The van der Waals surface area contributed by atoms with Crippen LogP contribution in [0, 0.1) is 17.2 Å². The molecule has 0 spiro atoms. The molecule has 1 fully saturated rings. The van der Waals surface area contributed by atoms with Crippen molar-refractivity contribution in [2.24, 2.45) is 5.92 Å². The van der Waals surface area contributed by atoms with Gasteiger partial charge in [0.05, 0.1) is 17.7 Å². The molecular formula is C28H37N7O2. The van der Waals surface area contributed by atoms with Crippen molar-refractivity contribution in [3.63, 3.8) is 0 Å². The maximum Gasteiger partial charge on any atom is 0.229 e. The number of piperazine rings is 1. The molecule has 3 heterocycles. The molecule has 0 radical (unpaired) electrons. The van der Waals surface area contributed by atoms with E-state index in [0.717, 1.165) is 38.2 Å². The van der Waals surface area contributed by atoms with Gasteiger partial charge in [0.1, 0.15) is 18.2 Å². The molecule has 0 bridgehead atoms. The highest BCUT2D eigenvalue weighted by atomic mass is 16.5. The van der Waals surface area contributed by atoms with Crippen LogP contribution in [0.1, 0.15) is 26.0 Å². The highest BCUT2D eigenvalue weighted by molar-refractivity contribution is 5.80. The lowest BCUT2D eigenvalue weighted by atomic mass is 10.1. The largest absolute Gasteiger partial charge is 0.474 e. The zero-order valence-electron chi connectivity index (χ0n) is 22.0. The predicted molar refractivity (Wildman–Crippen MR) is 146 cm³/mol. The molecule has 37 heavy (non-hydrogen) atoms. The lowest BCUT2D eigenvalue weighted by Crippen LogP contribution is -2.48. The Morgan fingerprint density at radius 3 is 2.89 bits per heavy atom. The first kappa shape index (κ1) is 27.7. The van der Waals surface area contributed by atoms with Gasteiger partial charge in [-0.2, -0.15) is 5.26 Å². The molecule has 1 aromatic rings. The van der Waals surface area contributed by atoms with E-state index >= 15 is 0 Å². The SMILES string of the molecule is C=CC1C=CCO/C(=C(/C#N)c2ccnc(NCC(/C=C\C(C)C(=O)N3CCN(C)CC3)=C/CC)n2)N1. The van der Waals surface area contributed by atoms with Gasteiger partial charge in [-0.05, 0) is 31.2 Å². The number of likely N-dealkylation sites (N-methyl/N-ethyl adjacent to an activating group) is 1. The molecule has 0 saturated carbocycles. The number of hydrogen-bond acceptors (Lipinski definition) is 8. The number of anilines is 1. The molecule has 1 aromatic heterocycles. The van der Waals surface area contributed by atoms with E-state index in [4.69, 9.17) is 4.74 Å². The number of nitrogens with zero attached hydrogens (tertiary/aromatic N) is 5. The summed E-state index contributed by atoms with van der Waals surface area (Å²) in [6.45, 7) is 12.0. The van der Waals surface area contributed by atoms with E-state index < -0.39 is 0 Å². The Kier molecular flexibility index (Phi) is 10.5. The van der Waals surface area contributed by atoms with Gasteiger partial charge in [0.2, 0.25) is 17.7 Å². The fourth-order valence-corrected chi connectivity index (χ4v) is 3.97. The van der Waals surface area contributed by atoms with Crippen LogP contribution in [0.3, 0.4) is 0 Å². The summed E-state index contributed by atoms with van der Waals surface area (Å²) >= 11 is 0. The van der Waals surface area contributed by atoms with Gasteiger partial charge in [-0.25, -0.2) is 9.97 Å². The number of hydrogen-bond donors (Lipinski definition) is 2. The van der Waals surface area contributed by atoms with E-state index in [1.807, 2.05) is 36.1 Å². The second kappa shape index (κ2) is 14.0. The molecule has 2 atom stereocenters. The third-order valence-electron chi connectivity index (χ3n) is 6.19. The molecule has 9 heteroatoms. The van der Waals surface area contributed by atoms with Crippen LogP contribution in [-0.2, 0) is 9.53 Å². The first-order valence-electron chi connectivity index (χ1n) is 12.7. The molecule has 1 amide bonds. The Morgan fingerprint density at radius 1 is 1.41 bits per heavy atom. The molecule has 2 N–H and O–H groups in total. The standard InChI is InChI=1S/C28H37N7O2/c1-5-8-22(11-10-21(3)27(36)35-16-14-34(4)15-17-35)20-31-28-30-13-12-25(33-28)24(19-29)26-32-23(6-2)9-7-18-37-26/h6-13,21,23,32H,2,5,14-18,20H2,1,3-4H3,(H,30,31,33)/b11-10-,22-8+,26-24-. The van der Waals surface area contributed by atoms with E-state index in [0.29, 0.717) is 36.3 Å². The lowest BCUT2D eigenvalue weighted by Gasteiger charge is -2.33. The quantitative estimate of drug-likeness (QED) is 0.301. The summed E-state index contributed by atoms with van der Waals surface area (Å²) in [4.78, 5) is 25.9. The van der Waals surface area contributed by atoms with Crippen molar-refractivity contribution in [2.45, 2.75) is 26.3 Å².